The fourth-order valence-corrected chi connectivity index (χ4v) is 5.45. The molecule has 164 valence electrons. The van der Waals surface area contributed by atoms with E-state index in [9.17, 15) is 19.0 Å². The van der Waals surface area contributed by atoms with E-state index in [1.165, 1.54) is 30.2 Å². The van der Waals surface area contributed by atoms with Crippen molar-refractivity contribution in [3.05, 3.63) is 42.0 Å². The second kappa shape index (κ2) is 7.78. The van der Waals surface area contributed by atoms with Crippen molar-refractivity contribution in [3.63, 3.8) is 0 Å². The van der Waals surface area contributed by atoms with Gasteiger partial charge in [0, 0.05) is 5.75 Å². The number of thioether (sulfide) groups is 1. The van der Waals surface area contributed by atoms with Gasteiger partial charge in [-0.2, -0.15) is 0 Å². The van der Waals surface area contributed by atoms with Crippen LogP contribution in [0.5, 0.6) is 0 Å². The van der Waals surface area contributed by atoms with Crippen molar-refractivity contribution in [2.24, 2.45) is 0 Å². The first kappa shape index (κ1) is 20.8. The van der Waals surface area contributed by atoms with Gasteiger partial charge < -0.3 is 20.5 Å². The third-order valence-corrected chi connectivity index (χ3v) is 6.98. The van der Waals surface area contributed by atoms with E-state index >= 15 is 0 Å². The zero-order valence-electron chi connectivity index (χ0n) is 15.7. The molecule has 4 heterocycles. The van der Waals surface area contributed by atoms with E-state index in [1.54, 1.807) is 16.7 Å². The molecule has 3 aromatic rings. The van der Waals surface area contributed by atoms with E-state index in [-0.39, 0.29) is 18.2 Å². The highest BCUT2D eigenvalue weighted by molar-refractivity contribution is 7.98. The Labute approximate surface area is 179 Å². The minimum Gasteiger partial charge on any atom is -0.386 e. The number of benzene rings is 1. The van der Waals surface area contributed by atoms with Gasteiger partial charge in [-0.15, -0.1) is 0 Å². The van der Waals surface area contributed by atoms with Crippen molar-refractivity contribution in [1.82, 2.24) is 19.5 Å². The molecule has 31 heavy (non-hydrogen) atoms. The number of ether oxygens (including phenoxy) is 1. The maximum atomic E-state index is 13.2. The van der Waals surface area contributed by atoms with Crippen LogP contribution < -0.4 is 5.73 Å². The Kier molecular flexibility index (Phi) is 5.21. The molecule has 14 heteroatoms. The largest absolute Gasteiger partial charge is 0.472 e. The summed E-state index contributed by atoms with van der Waals surface area (Å²) in [4.78, 5) is 22.3. The molecule has 2 saturated heterocycles. The Bertz CT molecular complexity index is 1180. The van der Waals surface area contributed by atoms with Gasteiger partial charge in [-0.3, -0.25) is 13.6 Å². The highest BCUT2D eigenvalue weighted by atomic mass is 32.2. The summed E-state index contributed by atoms with van der Waals surface area (Å²) in [5, 5.41) is 11.3. The summed E-state index contributed by atoms with van der Waals surface area (Å²) < 4.78 is 42.2. The average Bonchev–Trinajstić information content (AvgIpc) is 3.25. The van der Waals surface area contributed by atoms with E-state index in [2.05, 4.69) is 15.0 Å². The molecule has 2 aliphatic heterocycles. The third-order valence-electron chi connectivity index (χ3n) is 4.97. The smallest absolute Gasteiger partial charge is 0.386 e. The van der Waals surface area contributed by atoms with Crippen LogP contribution in [-0.4, -0.2) is 54.4 Å². The second-order valence-corrected chi connectivity index (χ2v) is 9.35. The van der Waals surface area contributed by atoms with Crippen LogP contribution in [0.15, 0.2) is 35.7 Å². The lowest BCUT2D eigenvalue weighted by Crippen LogP contribution is -2.39. The SMILES string of the molecule is Nc1ncnc2c1nc(SCc1ccc(F)cc1)n2[C@@H]1O[C@@H]2COP(=O)(O)O[C@H]2[C@H]1O. The minimum atomic E-state index is -4.27. The summed E-state index contributed by atoms with van der Waals surface area (Å²) in [7, 11) is -4.27. The molecule has 2 fully saturated rings. The minimum absolute atomic E-state index is 0.150. The molecule has 2 aromatic heterocycles. The zero-order valence-corrected chi connectivity index (χ0v) is 17.4. The van der Waals surface area contributed by atoms with E-state index in [0.29, 0.717) is 22.1 Å². The van der Waals surface area contributed by atoms with E-state index in [0.717, 1.165) is 5.56 Å². The lowest BCUT2D eigenvalue weighted by atomic mass is 10.1. The number of rotatable bonds is 4. The van der Waals surface area contributed by atoms with Gasteiger partial charge in [-0.25, -0.2) is 23.9 Å². The van der Waals surface area contributed by atoms with Crippen molar-refractivity contribution in [1.29, 1.82) is 0 Å². The van der Waals surface area contributed by atoms with Gasteiger partial charge in [0.05, 0.1) is 6.61 Å². The quantitative estimate of drug-likeness (QED) is 0.377. The highest BCUT2D eigenvalue weighted by Crippen LogP contribution is 2.53. The topological polar surface area (TPSA) is 155 Å². The number of phosphoric acid groups is 1. The number of phosphoric ester groups is 1. The Morgan fingerprint density at radius 1 is 1.32 bits per heavy atom. The first-order valence-corrected chi connectivity index (χ1v) is 11.7. The highest BCUT2D eigenvalue weighted by Gasteiger charge is 2.53. The van der Waals surface area contributed by atoms with Gasteiger partial charge in [0.2, 0.25) is 0 Å². The molecule has 1 aromatic carbocycles. The summed E-state index contributed by atoms with van der Waals surface area (Å²) in [5.41, 5.74) is 7.45. The van der Waals surface area contributed by atoms with Crippen molar-refractivity contribution in [2.75, 3.05) is 12.3 Å². The van der Waals surface area contributed by atoms with Gasteiger partial charge in [0.1, 0.15) is 30.5 Å². The molecular weight excluding hydrogens is 452 g/mol. The summed E-state index contributed by atoms with van der Waals surface area (Å²) in [6.45, 7) is -0.214. The fraction of sp³-hybridized carbons (Fsp3) is 0.353. The summed E-state index contributed by atoms with van der Waals surface area (Å²) >= 11 is 1.30. The predicted molar refractivity (Wildman–Crippen MR) is 106 cm³/mol. The molecular formula is C17H17FN5O6PS. The van der Waals surface area contributed by atoms with Crippen LogP contribution in [0, 0.1) is 5.82 Å². The molecule has 11 nitrogen and oxygen atoms in total. The Balaban J connectivity index is 1.51. The molecule has 0 aliphatic carbocycles. The standard InChI is InChI=1S/C17H17FN5O6PS/c18-9-3-1-8(2-4-9)6-31-17-22-11-14(19)20-7-21-15(11)23(17)16-12(24)13-10(28-16)5-27-30(25,26)29-13/h1-4,7,10,12-13,16,24H,5-6H2,(H,25,26)(H2,19,20,21)/t10-,12-,13-,16-/m1/s1. The number of nitrogen functional groups attached to an aromatic ring is 1. The summed E-state index contributed by atoms with van der Waals surface area (Å²) in [6.07, 6.45) is -2.89. The number of nitrogens with zero attached hydrogens (tertiary/aromatic N) is 4. The maximum absolute atomic E-state index is 13.2. The van der Waals surface area contributed by atoms with Crippen molar-refractivity contribution < 1.29 is 32.7 Å². The number of hydrogen-bond donors (Lipinski definition) is 3. The lowest BCUT2D eigenvalue weighted by Gasteiger charge is -2.27. The predicted octanol–water partition coefficient (Wildman–Crippen LogP) is 1.61. The number of hydrogen-bond acceptors (Lipinski definition) is 10. The number of fused-ring (bicyclic) bond motifs is 2. The molecule has 1 unspecified atom stereocenters. The number of aliphatic hydroxyl groups is 1. The second-order valence-electron chi connectivity index (χ2n) is 7.00. The van der Waals surface area contributed by atoms with Gasteiger partial charge in [-0.1, -0.05) is 23.9 Å². The summed E-state index contributed by atoms with van der Waals surface area (Å²) in [6, 6.07) is 6.04. The van der Waals surface area contributed by atoms with Gasteiger partial charge in [0.25, 0.3) is 0 Å². The molecule has 0 radical (unpaired) electrons. The Morgan fingerprint density at radius 2 is 2.10 bits per heavy atom. The van der Waals surface area contributed by atoms with Gasteiger partial charge >= 0.3 is 7.82 Å². The Hall–Kier alpha value is -2.12. The van der Waals surface area contributed by atoms with E-state index in [1.807, 2.05) is 0 Å². The van der Waals surface area contributed by atoms with Crippen molar-refractivity contribution in [2.45, 2.75) is 35.4 Å². The van der Waals surface area contributed by atoms with Crippen LogP contribution in [-0.2, 0) is 24.1 Å². The fourth-order valence-electron chi connectivity index (χ4n) is 3.52. The van der Waals surface area contributed by atoms with Crippen molar-refractivity contribution >= 4 is 36.6 Å². The number of halogens is 1. The van der Waals surface area contributed by atoms with E-state index in [4.69, 9.17) is 19.5 Å². The number of imidazole rings is 1. The van der Waals surface area contributed by atoms with Crippen LogP contribution in [0.1, 0.15) is 11.8 Å². The van der Waals surface area contributed by atoms with Crippen LogP contribution in [0.2, 0.25) is 0 Å². The first-order valence-electron chi connectivity index (χ1n) is 9.17. The Morgan fingerprint density at radius 3 is 2.87 bits per heavy atom. The van der Waals surface area contributed by atoms with Crippen molar-refractivity contribution in [3.8, 4) is 0 Å². The molecule has 0 amide bonds. The van der Waals surface area contributed by atoms with Gasteiger partial charge in [-0.05, 0) is 17.7 Å². The normalized spacial score (nSPS) is 30.5. The molecule has 4 N–H and O–H groups in total. The molecule has 5 atom stereocenters. The van der Waals surface area contributed by atoms with Crippen LogP contribution in [0.25, 0.3) is 11.2 Å². The average molecular weight is 469 g/mol. The molecule has 2 aliphatic rings. The number of aliphatic hydroxyl groups excluding tert-OH is 1. The molecule has 0 saturated carbocycles. The third kappa shape index (κ3) is 3.82. The summed E-state index contributed by atoms with van der Waals surface area (Å²) in [5.74, 6) is 0.257. The number of nitrogens with two attached hydrogens (primary N) is 1. The lowest BCUT2D eigenvalue weighted by molar-refractivity contribution is -0.0684. The molecule has 0 spiro atoms. The van der Waals surface area contributed by atoms with Crippen LogP contribution in [0.4, 0.5) is 10.2 Å². The van der Waals surface area contributed by atoms with Gasteiger partial charge in [0.15, 0.2) is 28.4 Å². The maximum Gasteiger partial charge on any atom is 0.472 e. The van der Waals surface area contributed by atoms with Crippen LogP contribution >= 0.6 is 19.6 Å². The number of anilines is 1. The van der Waals surface area contributed by atoms with E-state index < -0.39 is 32.4 Å². The molecule has 5 rings (SSSR count). The van der Waals surface area contributed by atoms with Crippen LogP contribution in [0.3, 0.4) is 0 Å². The zero-order chi connectivity index (χ0) is 21.8. The first-order chi connectivity index (χ1) is 14.8. The number of aromatic nitrogens is 4. The monoisotopic (exact) mass is 469 g/mol. The molecule has 0 bridgehead atoms.